The van der Waals surface area contributed by atoms with Crippen LogP contribution in [0.2, 0.25) is 0 Å². The Labute approximate surface area is 120 Å². The third-order valence-electron chi connectivity index (χ3n) is 3.40. The predicted octanol–water partition coefficient (Wildman–Crippen LogP) is 1.31. The number of aromatic nitrogens is 1. The van der Waals surface area contributed by atoms with Crippen LogP contribution in [0.5, 0.6) is 5.88 Å². The van der Waals surface area contributed by atoms with E-state index >= 15 is 0 Å². The van der Waals surface area contributed by atoms with Crippen LogP contribution in [0, 0.1) is 0 Å². The van der Waals surface area contributed by atoms with Crippen molar-refractivity contribution in [2.45, 2.75) is 25.3 Å². The van der Waals surface area contributed by atoms with Crippen LogP contribution in [0.1, 0.15) is 19.3 Å². The van der Waals surface area contributed by atoms with Crippen molar-refractivity contribution in [3.63, 3.8) is 0 Å². The maximum absolute atomic E-state index is 12.1. The fourth-order valence-corrected chi connectivity index (χ4v) is 2.32. The van der Waals surface area contributed by atoms with Crippen molar-refractivity contribution in [3.05, 3.63) is 30.3 Å². The quantitative estimate of drug-likeness (QED) is 0.815. The minimum Gasteiger partial charge on any atom is -0.408 e. The number of fused-ring (bicyclic) bond motifs is 1. The Morgan fingerprint density at radius 2 is 2.00 bits per heavy atom. The molecule has 1 saturated heterocycles. The summed E-state index contributed by atoms with van der Waals surface area (Å²) in [6.45, 7) is 0. The zero-order valence-corrected chi connectivity index (χ0v) is 11.2. The first-order chi connectivity index (χ1) is 10.1. The van der Waals surface area contributed by atoms with Crippen molar-refractivity contribution in [2.24, 2.45) is 0 Å². The Morgan fingerprint density at radius 3 is 2.81 bits per heavy atom. The summed E-state index contributed by atoms with van der Waals surface area (Å²) in [4.78, 5) is 38.0. The van der Waals surface area contributed by atoms with Crippen LogP contribution in [0.15, 0.2) is 30.3 Å². The van der Waals surface area contributed by atoms with Crippen LogP contribution in [-0.2, 0) is 14.4 Å². The molecule has 1 atom stereocenters. The topological polar surface area (TPSA) is 88.3 Å². The van der Waals surface area contributed by atoms with Crippen molar-refractivity contribution >= 4 is 28.6 Å². The summed E-state index contributed by atoms with van der Waals surface area (Å²) in [7, 11) is 0. The molecule has 0 saturated carbocycles. The monoisotopic (exact) mass is 286 g/mol. The summed E-state index contributed by atoms with van der Waals surface area (Å²) in [5, 5.41) is 3.43. The van der Waals surface area contributed by atoms with E-state index in [1.807, 2.05) is 24.3 Å². The molecule has 1 aliphatic rings. The van der Waals surface area contributed by atoms with E-state index in [-0.39, 0.29) is 31.0 Å². The third-order valence-corrected chi connectivity index (χ3v) is 3.40. The molecule has 0 unspecified atom stereocenters. The number of ketones is 1. The van der Waals surface area contributed by atoms with E-state index in [0.717, 1.165) is 10.9 Å². The van der Waals surface area contributed by atoms with Crippen molar-refractivity contribution in [3.8, 4) is 5.88 Å². The van der Waals surface area contributed by atoms with Gasteiger partial charge < -0.3 is 15.0 Å². The van der Waals surface area contributed by atoms with Crippen LogP contribution in [0.25, 0.3) is 10.9 Å². The molecule has 2 N–H and O–H groups in total. The van der Waals surface area contributed by atoms with Crippen LogP contribution in [0.3, 0.4) is 0 Å². The average Bonchev–Trinajstić information content (AvgIpc) is 2.78. The molecule has 3 rings (SSSR count). The SMILES string of the molecule is O=C1CCC(=O)N[C@H](C(=O)Oc2cc3ccccc3[nH]2)C1. The molecule has 2 aromatic rings. The third kappa shape index (κ3) is 2.94. The van der Waals surface area contributed by atoms with Gasteiger partial charge in [-0.2, -0.15) is 0 Å². The number of hydrogen-bond donors (Lipinski definition) is 2. The Kier molecular flexibility index (Phi) is 3.43. The summed E-state index contributed by atoms with van der Waals surface area (Å²) in [5.41, 5.74) is 0.848. The van der Waals surface area contributed by atoms with Gasteiger partial charge in [-0.1, -0.05) is 18.2 Å². The molecule has 1 amide bonds. The van der Waals surface area contributed by atoms with Crippen LogP contribution < -0.4 is 10.1 Å². The van der Waals surface area contributed by atoms with Crippen molar-refractivity contribution < 1.29 is 19.1 Å². The summed E-state index contributed by atoms with van der Waals surface area (Å²) in [6, 6.07) is 8.29. The highest BCUT2D eigenvalue weighted by atomic mass is 16.5. The van der Waals surface area contributed by atoms with Gasteiger partial charge in [0, 0.05) is 36.2 Å². The predicted molar refractivity (Wildman–Crippen MR) is 74.7 cm³/mol. The molecule has 2 heterocycles. The van der Waals surface area contributed by atoms with Gasteiger partial charge in [0.25, 0.3) is 0 Å². The maximum atomic E-state index is 12.1. The lowest BCUT2D eigenvalue weighted by Crippen LogP contribution is -2.42. The molecule has 6 heteroatoms. The number of carbonyl (C=O) groups is 3. The lowest BCUT2D eigenvalue weighted by molar-refractivity contribution is -0.140. The molecule has 0 aliphatic carbocycles. The summed E-state index contributed by atoms with van der Waals surface area (Å²) in [6.07, 6.45) is 0.266. The van der Waals surface area contributed by atoms with E-state index in [1.165, 1.54) is 0 Å². The molecular formula is C15H14N2O4. The maximum Gasteiger partial charge on any atom is 0.335 e. The molecule has 0 spiro atoms. The average molecular weight is 286 g/mol. The molecule has 108 valence electrons. The number of benzene rings is 1. The second kappa shape index (κ2) is 5.40. The van der Waals surface area contributed by atoms with Gasteiger partial charge in [0.05, 0.1) is 0 Å². The first kappa shape index (κ1) is 13.4. The van der Waals surface area contributed by atoms with Gasteiger partial charge in [-0.05, 0) is 6.07 Å². The largest absolute Gasteiger partial charge is 0.408 e. The number of rotatable bonds is 2. The number of carbonyl (C=O) groups excluding carboxylic acids is 3. The van der Waals surface area contributed by atoms with Crippen LogP contribution >= 0.6 is 0 Å². The van der Waals surface area contributed by atoms with E-state index in [0.29, 0.717) is 5.88 Å². The highest BCUT2D eigenvalue weighted by Crippen LogP contribution is 2.20. The lowest BCUT2D eigenvalue weighted by Gasteiger charge is -2.12. The standard InChI is InChI=1S/C15H14N2O4/c18-10-5-6-13(19)16-12(8-10)15(20)21-14-7-9-3-1-2-4-11(9)17-14/h1-4,7,12,17H,5-6,8H2,(H,16,19)/t12-/m0/s1. The van der Waals surface area contributed by atoms with Crippen molar-refractivity contribution in [2.75, 3.05) is 0 Å². The highest BCUT2D eigenvalue weighted by Gasteiger charge is 2.29. The van der Waals surface area contributed by atoms with E-state index in [4.69, 9.17) is 4.74 Å². The smallest absolute Gasteiger partial charge is 0.335 e. The van der Waals surface area contributed by atoms with Gasteiger partial charge in [0.15, 0.2) is 0 Å². The number of nitrogens with one attached hydrogen (secondary N) is 2. The minimum atomic E-state index is -0.918. The number of amides is 1. The lowest BCUT2D eigenvalue weighted by atomic mass is 10.1. The number of Topliss-reactive ketones (excluding diaryl/α,β-unsaturated/α-hetero) is 1. The van der Waals surface area contributed by atoms with Gasteiger partial charge in [0.2, 0.25) is 11.8 Å². The van der Waals surface area contributed by atoms with Crippen LogP contribution in [-0.4, -0.2) is 28.7 Å². The summed E-state index contributed by atoms with van der Waals surface area (Å²) >= 11 is 0. The second-order valence-corrected chi connectivity index (χ2v) is 5.00. The number of ether oxygens (including phenoxy) is 1. The number of aromatic amines is 1. The Balaban J connectivity index is 1.75. The van der Waals surface area contributed by atoms with E-state index in [9.17, 15) is 14.4 Å². The van der Waals surface area contributed by atoms with Gasteiger partial charge in [-0.3, -0.25) is 9.59 Å². The van der Waals surface area contributed by atoms with Crippen molar-refractivity contribution in [1.29, 1.82) is 0 Å². The molecule has 1 aromatic heterocycles. The van der Waals surface area contributed by atoms with Crippen molar-refractivity contribution in [1.82, 2.24) is 10.3 Å². The molecule has 1 aliphatic heterocycles. The molecule has 0 bridgehead atoms. The summed E-state index contributed by atoms with van der Waals surface area (Å²) < 4.78 is 5.23. The van der Waals surface area contributed by atoms with Gasteiger partial charge in [-0.25, -0.2) is 4.79 Å². The first-order valence-electron chi connectivity index (χ1n) is 6.72. The fraction of sp³-hybridized carbons (Fsp3) is 0.267. The number of hydrogen-bond acceptors (Lipinski definition) is 4. The van der Waals surface area contributed by atoms with E-state index in [2.05, 4.69) is 10.3 Å². The Morgan fingerprint density at radius 1 is 1.19 bits per heavy atom. The fourth-order valence-electron chi connectivity index (χ4n) is 2.32. The van der Waals surface area contributed by atoms with Gasteiger partial charge >= 0.3 is 5.97 Å². The zero-order valence-electron chi connectivity index (χ0n) is 11.2. The molecular weight excluding hydrogens is 272 g/mol. The molecule has 6 nitrogen and oxygen atoms in total. The molecule has 21 heavy (non-hydrogen) atoms. The van der Waals surface area contributed by atoms with Gasteiger partial charge in [0.1, 0.15) is 11.8 Å². The normalized spacial score (nSPS) is 19.1. The molecule has 0 radical (unpaired) electrons. The van der Waals surface area contributed by atoms with Gasteiger partial charge in [-0.15, -0.1) is 0 Å². The summed E-state index contributed by atoms with van der Waals surface area (Å²) in [5.74, 6) is -0.760. The molecule has 1 aromatic carbocycles. The van der Waals surface area contributed by atoms with Crippen LogP contribution in [0.4, 0.5) is 0 Å². The van der Waals surface area contributed by atoms with E-state index in [1.54, 1.807) is 6.07 Å². The Bertz CT molecular complexity index is 668. The molecule has 1 fully saturated rings. The number of H-pyrrole nitrogens is 1. The minimum absolute atomic E-state index is 0.0230. The number of esters is 1. The Hall–Kier alpha value is -2.63. The van der Waals surface area contributed by atoms with E-state index < -0.39 is 12.0 Å². The first-order valence-corrected chi connectivity index (χ1v) is 6.72. The number of para-hydroxylation sites is 1. The second-order valence-electron chi connectivity index (χ2n) is 5.00. The zero-order chi connectivity index (χ0) is 14.8. The highest BCUT2D eigenvalue weighted by molar-refractivity contribution is 5.95.